The van der Waals surface area contributed by atoms with Gasteiger partial charge in [-0.05, 0) is 25.7 Å². The topological polar surface area (TPSA) is 121 Å². The summed E-state index contributed by atoms with van der Waals surface area (Å²) in [6.07, 6.45) is 3.33. The first kappa shape index (κ1) is 22.5. The highest BCUT2D eigenvalue weighted by molar-refractivity contribution is 5.92. The Labute approximate surface area is 174 Å². The van der Waals surface area contributed by atoms with Crippen LogP contribution in [0.2, 0.25) is 0 Å². The van der Waals surface area contributed by atoms with Gasteiger partial charge in [-0.25, -0.2) is 14.8 Å². The van der Waals surface area contributed by atoms with E-state index in [2.05, 4.69) is 15.0 Å². The van der Waals surface area contributed by atoms with E-state index in [1.165, 1.54) is 6.07 Å². The van der Waals surface area contributed by atoms with E-state index in [1.807, 2.05) is 22.7 Å². The smallest absolute Gasteiger partial charge is 0.475 e. The molecule has 2 aliphatic rings. The van der Waals surface area contributed by atoms with Gasteiger partial charge in [0.05, 0.1) is 0 Å². The first-order valence-corrected chi connectivity index (χ1v) is 9.74. The number of imidazole rings is 1. The van der Waals surface area contributed by atoms with Gasteiger partial charge in [0.2, 0.25) is 0 Å². The summed E-state index contributed by atoms with van der Waals surface area (Å²) in [5.41, 5.74) is 0.0301. The van der Waals surface area contributed by atoms with Crippen molar-refractivity contribution in [2.45, 2.75) is 50.2 Å². The molecular formula is C19H22F3N5O4. The summed E-state index contributed by atoms with van der Waals surface area (Å²) in [5.74, 6) is -0.956. The molecule has 1 aliphatic carbocycles. The summed E-state index contributed by atoms with van der Waals surface area (Å²) in [5, 5.41) is 7.12. The van der Waals surface area contributed by atoms with Crippen molar-refractivity contribution in [3.05, 3.63) is 46.2 Å². The molecule has 9 nitrogen and oxygen atoms in total. The highest BCUT2D eigenvalue weighted by atomic mass is 19.4. The number of hydrogen-bond donors (Lipinski definition) is 2. The van der Waals surface area contributed by atoms with E-state index < -0.39 is 12.1 Å². The zero-order valence-electron chi connectivity index (χ0n) is 16.7. The van der Waals surface area contributed by atoms with E-state index in [0.717, 1.165) is 37.9 Å². The molecule has 3 heterocycles. The van der Waals surface area contributed by atoms with Crippen LogP contribution in [0.1, 0.15) is 53.7 Å². The number of aryl methyl sites for hydroxylation is 1. The van der Waals surface area contributed by atoms with Gasteiger partial charge in [-0.15, -0.1) is 0 Å². The zero-order valence-corrected chi connectivity index (χ0v) is 16.7. The molecule has 2 aromatic rings. The second kappa shape index (κ2) is 8.90. The van der Waals surface area contributed by atoms with Crippen LogP contribution < -0.4 is 5.56 Å². The van der Waals surface area contributed by atoms with Crippen molar-refractivity contribution in [2.75, 3.05) is 6.54 Å². The molecule has 0 radical (unpaired) electrons. The molecule has 1 atom stereocenters. The van der Waals surface area contributed by atoms with E-state index in [9.17, 15) is 22.8 Å². The van der Waals surface area contributed by atoms with Crippen LogP contribution in [0, 0.1) is 0 Å². The van der Waals surface area contributed by atoms with E-state index in [4.69, 9.17) is 9.90 Å². The summed E-state index contributed by atoms with van der Waals surface area (Å²) in [7, 11) is 1.96. The highest BCUT2D eigenvalue weighted by Gasteiger charge is 2.38. The second-order valence-corrected chi connectivity index (χ2v) is 7.55. The van der Waals surface area contributed by atoms with Crippen LogP contribution >= 0.6 is 0 Å². The number of carboxylic acid groups (broad SMARTS) is 1. The maximum Gasteiger partial charge on any atom is 0.490 e. The maximum absolute atomic E-state index is 12.9. The van der Waals surface area contributed by atoms with Crippen molar-refractivity contribution in [1.29, 1.82) is 0 Å². The van der Waals surface area contributed by atoms with Crippen molar-refractivity contribution >= 4 is 11.9 Å². The number of aromatic nitrogens is 4. The lowest BCUT2D eigenvalue weighted by atomic mass is 10.1. The molecule has 0 aromatic carbocycles. The summed E-state index contributed by atoms with van der Waals surface area (Å²) in [6.45, 7) is 0.709. The standard InChI is InChI=1S/C17H21N5O2.C2HF3O2/c1-21-8-6-18-14(21)9-12-3-2-7-22(12)17(24)13-10-15(23)20-16(19-13)11-4-5-11;3-2(4,5)1(6)7/h6,8,10-12H,2-5,7,9H2,1H3,(H,19,20,23);(H,6,7)/t12-;/m0./s1. The largest absolute Gasteiger partial charge is 0.490 e. The van der Waals surface area contributed by atoms with Gasteiger partial charge in [0.1, 0.15) is 17.3 Å². The number of halogens is 3. The number of likely N-dealkylation sites (tertiary alicyclic amines) is 1. The van der Waals surface area contributed by atoms with Crippen LogP contribution in [0.5, 0.6) is 0 Å². The molecule has 0 unspecified atom stereocenters. The molecule has 2 N–H and O–H groups in total. The minimum atomic E-state index is -5.08. The Morgan fingerprint density at radius 1 is 1.29 bits per heavy atom. The number of alkyl halides is 3. The van der Waals surface area contributed by atoms with Gasteiger partial charge in [0.15, 0.2) is 0 Å². The third-order valence-electron chi connectivity index (χ3n) is 5.16. The van der Waals surface area contributed by atoms with E-state index in [1.54, 1.807) is 6.20 Å². The van der Waals surface area contributed by atoms with Gasteiger partial charge in [-0.1, -0.05) is 0 Å². The molecule has 1 aliphatic heterocycles. The maximum atomic E-state index is 12.9. The quantitative estimate of drug-likeness (QED) is 0.747. The minimum absolute atomic E-state index is 0.115. The summed E-state index contributed by atoms with van der Waals surface area (Å²) in [4.78, 5) is 47.1. The lowest BCUT2D eigenvalue weighted by Crippen LogP contribution is -2.38. The van der Waals surface area contributed by atoms with Crippen molar-refractivity contribution < 1.29 is 27.9 Å². The van der Waals surface area contributed by atoms with Crippen LogP contribution in [-0.2, 0) is 18.3 Å². The highest BCUT2D eigenvalue weighted by Crippen LogP contribution is 2.37. The first-order chi connectivity index (χ1) is 14.6. The Balaban J connectivity index is 0.000000339. The number of carboxylic acids is 1. The predicted molar refractivity (Wildman–Crippen MR) is 101 cm³/mol. The third kappa shape index (κ3) is 5.70. The van der Waals surface area contributed by atoms with Crippen LogP contribution in [0.4, 0.5) is 13.2 Å². The molecule has 1 saturated heterocycles. The van der Waals surface area contributed by atoms with E-state index in [-0.39, 0.29) is 23.2 Å². The average Bonchev–Trinajstić information content (AvgIpc) is 3.32. The van der Waals surface area contributed by atoms with Gasteiger partial charge in [-0.3, -0.25) is 9.59 Å². The van der Waals surface area contributed by atoms with Gasteiger partial charge in [0.25, 0.3) is 11.5 Å². The number of aliphatic carboxylic acids is 1. The number of nitrogens with one attached hydrogen (secondary N) is 1. The van der Waals surface area contributed by atoms with Crippen molar-refractivity contribution in [3.8, 4) is 0 Å². The number of aromatic amines is 1. The van der Waals surface area contributed by atoms with Crippen LogP contribution in [0.25, 0.3) is 0 Å². The van der Waals surface area contributed by atoms with Gasteiger partial charge in [0, 0.05) is 50.4 Å². The van der Waals surface area contributed by atoms with Crippen molar-refractivity contribution in [2.24, 2.45) is 7.05 Å². The molecule has 0 bridgehead atoms. The van der Waals surface area contributed by atoms with Crippen LogP contribution in [-0.4, -0.2) is 60.2 Å². The number of amides is 1. The number of carbonyl (C=O) groups excluding carboxylic acids is 1. The molecular weight excluding hydrogens is 419 g/mol. The molecule has 2 fully saturated rings. The van der Waals surface area contributed by atoms with Gasteiger partial charge < -0.3 is 19.6 Å². The lowest BCUT2D eigenvalue weighted by Gasteiger charge is -2.24. The summed E-state index contributed by atoms with van der Waals surface area (Å²) in [6, 6.07) is 1.44. The lowest BCUT2D eigenvalue weighted by molar-refractivity contribution is -0.192. The summed E-state index contributed by atoms with van der Waals surface area (Å²) < 4.78 is 33.7. The Morgan fingerprint density at radius 2 is 1.97 bits per heavy atom. The molecule has 2 aromatic heterocycles. The minimum Gasteiger partial charge on any atom is -0.475 e. The van der Waals surface area contributed by atoms with Gasteiger partial charge in [-0.2, -0.15) is 13.2 Å². The second-order valence-electron chi connectivity index (χ2n) is 7.55. The molecule has 1 saturated carbocycles. The third-order valence-corrected chi connectivity index (χ3v) is 5.16. The molecule has 31 heavy (non-hydrogen) atoms. The van der Waals surface area contributed by atoms with Crippen LogP contribution in [0.3, 0.4) is 0 Å². The number of nitrogens with zero attached hydrogens (tertiary/aromatic N) is 4. The molecule has 1 amide bonds. The van der Waals surface area contributed by atoms with E-state index in [0.29, 0.717) is 18.3 Å². The fraction of sp³-hybridized carbons (Fsp3) is 0.526. The normalized spacial score (nSPS) is 18.5. The fourth-order valence-electron chi connectivity index (χ4n) is 3.40. The monoisotopic (exact) mass is 441 g/mol. The Morgan fingerprint density at radius 3 is 2.52 bits per heavy atom. The fourth-order valence-corrected chi connectivity index (χ4v) is 3.40. The van der Waals surface area contributed by atoms with Gasteiger partial charge >= 0.3 is 12.1 Å². The molecule has 168 valence electrons. The molecule has 12 heteroatoms. The Bertz CT molecular complexity index is 1010. The molecule has 0 spiro atoms. The number of carbonyl (C=O) groups is 2. The van der Waals surface area contributed by atoms with E-state index >= 15 is 0 Å². The Hall–Kier alpha value is -3.18. The van der Waals surface area contributed by atoms with Crippen LogP contribution in [0.15, 0.2) is 23.3 Å². The summed E-state index contributed by atoms with van der Waals surface area (Å²) >= 11 is 0. The van der Waals surface area contributed by atoms with Crippen molar-refractivity contribution in [3.63, 3.8) is 0 Å². The average molecular weight is 441 g/mol. The van der Waals surface area contributed by atoms with Crippen molar-refractivity contribution in [1.82, 2.24) is 24.4 Å². The zero-order chi connectivity index (χ0) is 22.8. The first-order valence-electron chi connectivity index (χ1n) is 9.74. The Kier molecular flexibility index (Phi) is 6.46. The number of rotatable bonds is 4. The predicted octanol–water partition coefficient (Wildman–Crippen LogP) is 1.86. The molecule has 4 rings (SSSR count). The SMILES string of the molecule is Cn1ccnc1C[C@@H]1CCCN1C(=O)c1cc(=O)[nH]c(C2CC2)n1.O=C(O)C(F)(F)F. The number of H-pyrrole nitrogens is 1. The number of hydrogen-bond acceptors (Lipinski definition) is 5.